The lowest BCUT2D eigenvalue weighted by atomic mass is 9.98. The summed E-state index contributed by atoms with van der Waals surface area (Å²) in [5.41, 5.74) is 3.99. The summed E-state index contributed by atoms with van der Waals surface area (Å²) in [6.07, 6.45) is 8.00. The van der Waals surface area contributed by atoms with Crippen LogP contribution in [0, 0.1) is 5.41 Å². The predicted molar refractivity (Wildman–Crippen MR) is 247 cm³/mol. The summed E-state index contributed by atoms with van der Waals surface area (Å²) >= 11 is 6.55. The molecule has 1 aromatic carbocycles. The number of hydrogen-bond acceptors (Lipinski definition) is 14. The molecule has 1 unspecified atom stereocenters. The van der Waals surface area contributed by atoms with Crippen LogP contribution in [0.5, 0.6) is 0 Å². The van der Waals surface area contributed by atoms with Crippen molar-refractivity contribution in [3.63, 3.8) is 0 Å². The van der Waals surface area contributed by atoms with Crippen molar-refractivity contribution in [2.75, 3.05) is 48.4 Å². The first-order chi connectivity index (χ1) is 32.1. The van der Waals surface area contributed by atoms with Gasteiger partial charge in [0.25, 0.3) is 11.8 Å². The molecule has 67 heavy (non-hydrogen) atoms. The number of pyridine rings is 1. The van der Waals surface area contributed by atoms with Crippen LogP contribution < -0.4 is 15.5 Å². The SMILES string of the molecule is CCCC(C(=O)N(C=O)COC(=O)C(C)(C)C)N1Cc2cc(N3CCN(C(=O)CCCCc4nc(-c5ncc(NC(=O)Nc6cnc7ccnn7c6C(C)C)cc5Cl)no4)CC3)ccc2C1=O. The third-order valence-corrected chi connectivity index (χ3v) is 11.8. The molecule has 20 nitrogen and oxygen atoms in total. The molecule has 2 N–H and O–H groups in total. The van der Waals surface area contributed by atoms with E-state index in [1.807, 2.05) is 37.8 Å². The number of aromatic nitrogens is 6. The van der Waals surface area contributed by atoms with E-state index in [0.29, 0.717) is 99.6 Å². The maximum atomic E-state index is 13.6. The lowest BCUT2D eigenvalue weighted by Crippen LogP contribution is -2.49. The Kier molecular flexibility index (Phi) is 14.8. The van der Waals surface area contributed by atoms with Crippen molar-refractivity contribution in [2.45, 2.75) is 98.6 Å². The normalized spacial score (nSPS) is 14.3. The molecule has 2 aliphatic heterocycles. The fourth-order valence-electron chi connectivity index (χ4n) is 8.02. The van der Waals surface area contributed by atoms with Gasteiger partial charge in [-0.05, 0) is 75.8 Å². The van der Waals surface area contributed by atoms with E-state index >= 15 is 0 Å². The van der Waals surface area contributed by atoms with Gasteiger partial charge in [-0.15, -0.1) is 0 Å². The molecule has 0 saturated carbocycles. The van der Waals surface area contributed by atoms with Crippen LogP contribution in [-0.2, 0) is 36.9 Å². The molecule has 6 amide bonds. The van der Waals surface area contributed by atoms with Crippen molar-refractivity contribution in [3.8, 4) is 11.5 Å². The minimum absolute atomic E-state index is 0.0552. The quantitative estimate of drug-likeness (QED) is 0.0450. The summed E-state index contributed by atoms with van der Waals surface area (Å²) in [5.74, 6) is -0.770. The molecular weight excluding hydrogens is 884 g/mol. The molecule has 0 spiro atoms. The highest BCUT2D eigenvalue weighted by molar-refractivity contribution is 6.33. The first-order valence-corrected chi connectivity index (χ1v) is 22.7. The number of imide groups is 1. The van der Waals surface area contributed by atoms with Crippen LogP contribution in [0.15, 0.2) is 53.4 Å². The molecule has 0 radical (unpaired) electrons. The van der Waals surface area contributed by atoms with Crippen LogP contribution in [0.2, 0.25) is 5.02 Å². The predicted octanol–water partition coefficient (Wildman–Crippen LogP) is 6.31. The molecule has 21 heteroatoms. The Hall–Kier alpha value is -6.96. The van der Waals surface area contributed by atoms with Gasteiger partial charge in [0.1, 0.15) is 11.7 Å². The van der Waals surface area contributed by atoms with Crippen molar-refractivity contribution in [1.29, 1.82) is 0 Å². The number of urea groups is 1. The largest absolute Gasteiger partial charge is 0.443 e. The number of rotatable bonds is 17. The van der Waals surface area contributed by atoms with Crippen molar-refractivity contribution >= 4 is 70.4 Å². The maximum Gasteiger partial charge on any atom is 0.323 e. The highest BCUT2D eigenvalue weighted by Gasteiger charge is 2.39. The van der Waals surface area contributed by atoms with Gasteiger partial charge in [0.2, 0.25) is 24.0 Å². The van der Waals surface area contributed by atoms with Crippen LogP contribution in [0.3, 0.4) is 0 Å². The molecule has 0 aliphatic carbocycles. The third-order valence-electron chi connectivity index (χ3n) is 11.6. The van der Waals surface area contributed by atoms with Crippen molar-refractivity contribution in [3.05, 3.63) is 76.7 Å². The number of carbonyl (C=O) groups is 6. The standard InChI is InChI=1S/C46H55ClN12O8/c1-7-10-35(43(63)57(26-60)27-66-44(64)46(4,5)6)58-25-29-21-31(13-14-32(29)42(58)62)55-17-19-56(20-18-55)38(61)12-9-8-11-37-53-41(54-67-37)39-33(47)22-30(23-49-39)51-45(65)52-34-24-48-36-15-16-50-59(36)40(34)28(2)3/h13-16,21-24,26,28,35H,7-12,17-20,25,27H2,1-6H3,(H2,51,52,65). The minimum atomic E-state index is -0.911. The van der Waals surface area contributed by atoms with E-state index in [1.165, 1.54) is 11.1 Å². The average molecular weight is 939 g/mol. The zero-order chi connectivity index (χ0) is 48.0. The molecule has 7 rings (SSSR count). The molecule has 5 aromatic rings. The molecule has 2 aliphatic rings. The Morgan fingerprint density at radius 1 is 1.01 bits per heavy atom. The Bertz CT molecular complexity index is 2650. The molecule has 1 atom stereocenters. The van der Waals surface area contributed by atoms with E-state index in [4.69, 9.17) is 20.9 Å². The molecule has 6 heterocycles. The first-order valence-electron chi connectivity index (χ1n) is 22.3. The lowest BCUT2D eigenvalue weighted by Gasteiger charge is -2.36. The Morgan fingerprint density at radius 2 is 1.79 bits per heavy atom. The zero-order valence-corrected chi connectivity index (χ0v) is 39.2. The number of benzene rings is 1. The van der Waals surface area contributed by atoms with Crippen LogP contribution in [0.1, 0.15) is 107 Å². The highest BCUT2D eigenvalue weighted by Crippen LogP contribution is 2.32. The van der Waals surface area contributed by atoms with Gasteiger partial charge < -0.3 is 34.6 Å². The summed E-state index contributed by atoms with van der Waals surface area (Å²) in [6, 6.07) is 7.51. The van der Waals surface area contributed by atoms with Gasteiger partial charge in [0, 0.05) is 62.9 Å². The number of ether oxygens (including phenoxy) is 1. The number of nitrogens with zero attached hydrogens (tertiary/aromatic N) is 10. The number of piperazine rings is 1. The van der Waals surface area contributed by atoms with Gasteiger partial charge >= 0.3 is 12.0 Å². The number of carbonyl (C=O) groups excluding carboxylic acids is 6. The van der Waals surface area contributed by atoms with Crippen molar-refractivity contribution < 1.29 is 38.0 Å². The van der Waals surface area contributed by atoms with E-state index < -0.39 is 36.1 Å². The van der Waals surface area contributed by atoms with Gasteiger partial charge in [-0.3, -0.25) is 24.0 Å². The monoisotopic (exact) mass is 938 g/mol. The Morgan fingerprint density at radius 3 is 2.49 bits per heavy atom. The Balaban J connectivity index is 0.849. The summed E-state index contributed by atoms with van der Waals surface area (Å²) < 4.78 is 12.4. The van der Waals surface area contributed by atoms with E-state index in [9.17, 15) is 28.8 Å². The number of unbranched alkanes of at least 4 members (excludes halogenated alkanes) is 1. The fourth-order valence-corrected chi connectivity index (χ4v) is 8.27. The third kappa shape index (κ3) is 11.0. The molecular formula is C46H55ClN12O8. The number of anilines is 3. The second-order valence-electron chi connectivity index (χ2n) is 17.8. The summed E-state index contributed by atoms with van der Waals surface area (Å²) in [5, 5.41) is 14.2. The number of hydrogen-bond donors (Lipinski definition) is 2. The van der Waals surface area contributed by atoms with E-state index in [1.54, 1.807) is 55.9 Å². The summed E-state index contributed by atoms with van der Waals surface area (Å²) in [6.45, 7) is 12.8. The lowest BCUT2D eigenvalue weighted by molar-refractivity contribution is -0.163. The molecule has 4 aromatic heterocycles. The zero-order valence-electron chi connectivity index (χ0n) is 38.5. The van der Waals surface area contributed by atoms with Crippen LogP contribution in [0.25, 0.3) is 17.2 Å². The van der Waals surface area contributed by atoms with Crippen LogP contribution >= 0.6 is 11.6 Å². The van der Waals surface area contributed by atoms with E-state index in [2.05, 4.69) is 40.7 Å². The number of aryl methyl sites for hydroxylation is 1. The smallest absolute Gasteiger partial charge is 0.323 e. The number of esters is 1. The number of fused-ring (bicyclic) bond motifs is 2. The van der Waals surface area contributed by atoms with Crippen molar-refractivity contribution in [1.82, 2.24) is 44.4 Å². The van der Waals surface area contributed by atoms with Gasteiger partial charge in [-0.1, -0.05) is 43.9 Å². The average Bonchev–Trinajstić information content (AvgIpc) is 4.05. The number of nitrogens with one attached hydrogen (secondary N) is 2. The van der Waals surface area contributed by atoms with Gasteiger partial charge in [0.15, 0.2) is 12.4 Å². The van der Waals surface area contributed by atoms with Crippen LogP contribution in [0.4, 0.5) is 21.9 Å². The summed E-state index contributed by atoms with van der Waals surface area (Å²) in [7, 11) is 0. The van der Waals surface area contributed by atoms with E-state index in [-0.39, 0.29) is 40.8 Å². The van der Waals surface area contributed by atoms with E-state index in [0.717, 1.165) is 21.8 Å². The minimum Gasteiger partial charge on any atom is -0.443 e. The van der Waals surface area contributed by atoms with Gasteiger partial charge in [0.05, 0.1) is 46.1 Å². The second-order valence-corrected chi connectivity index (χ2v) is 18.2. The number of amides is 6. The van der Waals surface area contributed by atoms with Gasteiger partial charge in [-0.2, -0.15) is 10.1 Å². The Labute approximate surface area is 392 Å². The van der Waals surface area contributed by atoms with Crippen LogP contribution in [-0.4, -0.2) is 120 Å². The highest BCUT2D eigenvalue weighted by atomic mass is 35.5. The van der Waals surface area contributed by atoms with Gasteiger partial charge in [-0.25, -0.2) is 24.2 Å². The molecule has 1 saturated heterocycles. The topological polar surface area (TPSA) is 231 Å². The second kappa shape index (κ2) is 20.7. The van der Waals surface area contributed by atoms with Crippen molar-refractivity contribution in [2.24, 2.45) is 5.41 Å². The molecule has 354 valence electrons. The maximum absolute atomic E-state index is 13.6. The molecule has 0 bridgehead atoms. The fraction of sp³-hybridized carbons (Fsp3) is 0.457. The first kappa shape index (κ1) is 48.0. The number of halogens is 1. The summed E-state index contributed by atoms with van der Waals surface area (Å²) in [4.78, 5) is 97.0. The molecule has 1 fully saturated rings.